The van der Waals surface area contributed by atoms with Gasteiger partial charge in [-0.25, -0.2) is 8.42 Å². The summed E-state index contributed by atoms with van der Waals surface area (Å²) in [6.07, 6.45) is 1.65. The second-order valence-corrected chi connectivity index (χ2v) is 6.61. The van der Waals surface area contributed by atoms with Crippen molar-refractivity contribution < 1.29 is 8.42 Å². The van der Waals surface area contributed by atoms with E-state index in [1.54, 1.807) is 25.1 Å². The Morgan fingerprint density at radius 1 is 1.28 bits per heavy atom. The average molecular weight is 264 g/mol. The SMILES string of the molecule is CCC#CC(C)Cc1cccc(S(=O)(=O)CC)c1. The monoisotopic (exact) mass is 264 g/mol. The molecule has 0 saturated heterocycles. The lowest BCUT2D eigenvalue weighted by Gasteiger charge is -2.07. The van der Waals surface area contributed by atoms with Crippen LogP contribution in [0, 0.1) is 17.8 Å². The van der Waals surface area contributed by atoms with Crippen LogP contribution in [-0.2, 0) is 16.3 Å². The van der Waals surface area contributed by atoms with Gasteiger partial charge in [0.25, 0.3) is 0 Å². The van der Waals surface area contributed by atoms with Crippen molar-refractivity contribution >= 4 is 9.84 Å². The van der Waals surface area contributed by atoms with E-state index in [4.69, 9.17) is 0 Å². The summed E-state index contributed by atoms with van der Waals surface area (Å²) in [6.45, 7) is 5.75. The molecule has 0 radical (unpaired) electrons. The van der Waals surface area contributed by atoms with E-state index in [1.807, 2.05) is 13.0 Å². The molecule has 0 saturated carbocycles. The van der Waals surface area contributed by atoms with Crippen molar-refractivity contribution in [3.05, 3.63) is 29.8 Å². The van der Waals surface area contributed by atoms with Crippen molar-refractivity contribution in [3.8, 4) is 11.8 Å². The van der Waals surface area contributed by atoms with Crippen LogP contribution in [0.25, 0.3) is 0 Å². The zero-order valence-corrected chi connectivity index (χ0v) is 12.0. The Morgan fingerprint density at radius 2 is 2.00 bits per heavy atom. The van der Waals surface area contributed by atoms with Gasteiger partial charge in [0.2, 0.25) is 0 Å². The molecule has 2 nitrogen and oxygen atoms in total. The van der Waals surface area contributed by atoms with Gasteiger partial charge in [-0.15, -0.1) is 5.92 Å². The molecule has 0 N–H and O–H groups in total. The van der Waals surface area contributed by atoms with E-state index in [-0.39, 0.29) is 11.7 Å². The van der Waals surface area contributed by atoms with Crippen LogP contribution in [-0.4, -0.2) is 14.2 Å². The molecule has 0 heterocycles. The number of sulfone groups is 1. The van der Waals surface area contributed by atoms with E-state index < -0.39 is 9.84 Å². The Bertz CT molecular complexity index is 547. The minimum atomic E-state index is -3.11. The van der Waals surface area contributed by atoms with Gasteiger partial charge in [-0.1, -0.05) is 38.8 Å². The van der Waals surface area contributed by atoms with Gasteiger partial charge in [0, 0.05) is 12.3 Å². The lowest BCUT2D eigenvalue weighted by Crippen LogP contribution is -2.05. The molecular formula is C15H20O2S. The lowest BCUT2D eigenvalue weighted by molar-refractivity contribution is 0.597. The summed E-state index contributed by atoms with van der Waals surface area (Å²) in [6, 6.07) is 7.18. The third-order valence-electron chi connectivity index (χ3n) is 2.70. The molecule has 0 fully saturated rings. The van der Waals surface area contributed by atoms with Crippen LogP contribution >= 0.6 is 0 Å². The van der Waals surface area contributed by atoms with Gasteiger partial charge >= 0.3 is 0 Å². The molecule has 18 heavy (non-hydrogen) atoms. The van der Waals surface area contributed by atoms with Crippen molar-refractivity contribution in [1.82, 2.24) is 0 Å². The minimum absolute atomic E-state index is 0.141. The predicted molar refractivity (Wildman–Crippen MR) is 75.1 cm³/mol. The second-order valence-electron chi connectivity index (χ2n) is 4.33. The largest absolute Gasteiger partial charge is 0.224 e. The molecule has 0 spiro atoms. The van der Waals surface area contributed by atoms with Crippen molar-refractivity contribution in [1.29, 1.82) is 0 Å². The normalized spacial score (nSPS) is 12.6. The number of hydrogen-bond acceptors (Lipinski definition) is 2. The summed E-state index contributed by atoms with van der Waals surface area (Å²) in [5, 5.41) is 0. The molecule has 1 atom stereocenters. The molecule has 1 aromatic carbocycles. The molecular weight excluding hydrogens is 244 g/mol. The summed E-state index contributed by atoms with van der Waals surface area (Å²) in [5.41, 5.74) is 1.03. The van der Waals surface area contributed by atoms with Gasteiger partial charge < -0.3 is 0 Å². The van der Waals surface area contributed by atoms with Gasteiger partial charge in [-0.3, -0.25) is 0 Å². The Hall–Kier alpha value is -1.27. The molecule has 1 rings (SSSR count). The number of rotatable bonds is 4. The predicted octanol–water partition coefficient (Wildman–Crippen LogP) is 3.07. The molecule has 0 amide bonds. The highest BCUT2D eigenvalue weighted by molar-refractivity contribution is 7.91. The molecule has 1 unspecified atom stereocenters. The summed E-state index contributed by atoms with van der Waals surface area (Å²) in [5.74, 6) is 6.60. The summed E-state index contributed by atoms with van der Waals surface area (Å²) < 4.78 is 23.6. The van der Waals surface area contributed by atoms with Crippen molar-refractivity contribution in [3.63, 3.8) is 0 Å². The molecule has 0 bridgehead atoms. The van der Waals surface area contributed by atoms with Crippen LogP contribution < -0.4 is 0 Å². The van der Waals surface area contributed by atoms with Crippen LogP contribution in [0.1, 0.15) is 32.8 Å². The summed E-state index contributed by atoms with van der Waals surface area (Å²) in [7, 11) is -3.11. The summed E-state index contributed by atoms with van der Waals surface area (Å²) in [4.78, 5) is 0.415. The van der Waals surface area contributed by atoms with Gasteiger partial charge in [0.05, 0.1) is 10.6 Å². The lowest BCUT2D eigenvalue weighted by atomic mass is 10.0. The Labute approximate surface area is 110 Å². The number of hydrogen-bond donors (Lipinski definition) is 0. The van der Waals surface area contributed by atoms with Crippen molar-refractivity contribution in [2.24, 2.45) is 5.92 Å². The zero-order chi connectivity index (χ0) is 13.6. The minimum Gasteiger partial charge on any atom is -0.224 e. The van der Waals surface area contributed by atoms with Gasteiger partial charge in [-0.05, 0) is 24.1 Å². The maximum atomic E-state index is 11.8. The van der Waals surface area contributed by atoms with Crippen LogP contribution in [0.5, 0.6) is 0 Å². The fourth-order valence-corrected chi connectivity index (χ4v) is 2.66. The van der Waals surface area contributed by atoms with Crippen molar-refractivity contribution in [2.45, 2.75) is 38.5 Å². The molecule has 0 aliphatic heterocycles. The first kappa shape index (κ1) is 14.8. The van der Waals surface area contributed by atoms with Crippen LogP contribution in [0.4, 0.5) is 0 Å². The van der Waals surface area contributed by atoms with E-state index in [1.165, 1.54) is 0 Å². The summed E-state index contributed by atoms with van der Waals surface area (Å²) >= 11 is 0. The quantitative estimate of drug-likeness (QED) is 0.783. The molecule has 0 aliphatic carbocycles. The van der Waals surface area contributed by atoms with E-state index in [2.05, 4.69) is 18.8 Å². The van der Waals surface area contributed by atoms with E-state index in [0.717, 1.165) is 18.4 Å². The van der Waals surface area contributed by atoms with E-state index in [9.17, 15) is 8.42 Å². The topological polar surface area (TPSA) is 34.1 Å². The third-order valence-corrected chi connectivity index (χ3v) is 4.44. The van der Waals surface area contributed by atoms with Crippen LogP contribution in [0.2, 0.25) is 0 Å². The molecule has 0 aromatic heterocycles. The van der Waals surface area contributed by atoms with E-state index >= 15 is 0 Å². The maximum absolute atomic E-state index is 11.8. The van der Waals surface area contributed by atoms with Crippen LogP contribution in [0.3, 0.4) is 0 Å². The highest BCUT2D eigenvalue weighted by Gasteiger charge is 2.12. The van der Waals surface area contributed by atoms with Gasteiger partial charge in [0.1, 0.15) is 0 Å². The molecule has 0 aliphatic rings. The average Bonchev–Trinajstić information content (AvgIpc) is 2.36. The maximum Gasteiger partial charge on any atom is 0.178 e. The second kappa shape index (κ2) is 6.61. The smallest absolute Gasteiger partial charge is 0.178 e. The molecule has 1 aromatic rings. The van der Waals surface area contributed by atoms with Gasteiger partial charge in [-0.2, -0.15) is 0 Å². The third kappa shape index (κ3) is 4.19. The fraction of sp³-hybridized carbons (Fsp3) is 0.467. The first-order valence-electron chi connectivity index (χ1n) is 6.29. The van der Waals surface area contributed by atoms with E-state index in [0.29, 0.717) is 4.90 Å². The van der Waals surface area contributed by atoms with Crippen molar-refractivity contribution in [2.75, 3.05) is 5.75 Å². The standard InChI is InChI=1S/C15H20O2S/c1-4-6-8-13(3)11-14-9-7-10-15(12-14)18(16,17)5-2/h7,9-10,12-13H,4-5,11H2,1-3H3. The first-order valence-corrected chi connectivity index (χ1v) is 7.95. The fourth-order valence-electron chi connectivity index (χ4n) is 1.71. The van der Waals surface area contributed by atoms with Crippen LogP contribution in [0.15, 0.2) is 29.2 Å². The molecule has 3 heteroatoms. The zero-order valence-electron chi connectivity index (χ0n) is 11.2. The number of benzene rings is 1. The highest BCUT2D eigenvalue weighted by Crippen LogP contribution is 2.15. The Balaban J connectivity index is 2.90. The molecule has 98 valence electrons. The highest BCUT2D eigenvalue weighted by atomic mass is 32.2. The van der Waals surface area contributed by atoms with Gasteiger partial charge in [0.15, 0.2) is 9.84 Å². The Kier molecular flexibility index (Phi) is 5.43. The Morgan fingerprint density at radius 3 is 2.61 bits per heavy atom. The first-order chi connectivity index (χ1) is 8.49.